The number of likely N-dealkylation sites (N-methyl/N-ethyl adjacent to an activating group) is 1. The number of hydrogen-bond acceptors (Lipinski definition) is 8. The monoisotopic (exact) mass is 844 g/mol. The van der Waals surface area contributed by atoms with E-state index in [1.165, 1.54) is 7.11 Å². The zero-order valence-electron chi connectivity index (χ0n) is 33.6. The Labute approximate surface area is 359 Å². The first-order valence-electron chi connectivity index (χ1n) is 20.0. The van der Waals surface area contributed by atoms with Crippen LogP contribution in [0.15, 0.2) is 114 Å². The molecular weight excluding hydrogens is 799 g/mol. The van der Waals surface area contributed by atoms with E-state index in [-0.39, 0.29) is 23.9 Å². The summed E-state index contributed by atoms with van der Waals surface area (Å²) in [5.74, 6) is 1.32. The Hall–Kier alpha value is -5.79. The number of aromatic nitrogens is 4. The van der Waals surface area contributed by atoms with Crippen molar-refractivity contribution >= 4 is 41.4 Å². The lowest BCUT2D eigenvalue weighted by molar-refractivity contribution is -0.188. The van der Waals surface area contributed by atoms with Crippen LogP contribution in [0.1, 0.15) is 72.6 Å². The molecule has 12 nitrogen and oxygen atoms in total. The predicted octanol–water partition coefficient (Wildman–Crippen LogP) is 9.42. The molecule has 2 aliphatic rings. The molecule has 308 valence electrons. The molecule has 2 N–H and O–H groups in total. The van der Waals surface area contributed by atoms with Gasteiger partial charge in [0.2, 0.25) is 12.3 Å². The first-order chi connectivity index (χ1) is 29.2. The van der Waals surface area contributed by atoms with Crippen molar-refractivity contribution in [2.75, 3.05) is 34.3 Å². The minimum Gasteiger partial charge on any atom is -0.340 e. The van der Waals surface area contributed by atoms with Gasteiger partial charge in [-0.25, -0.2) is 15.0 Å². The van der Waals surface area contributed by atoms with Crippen molar-refractivity contribution in [2.45, 2.75) is 49.9 Å². The number of aromatic amines is 2. The lowest BCUT2D eigenvalue weighted by Gasteiger charge is -2.32. The average Bonchev–Trinajstić information content (AvgIpc) is 4.11. The summed E-state index contributed by atoms with van der Waals surface area (Å²) in [4.78, 5) is 64.1. The number of H-pyrrole nitrogens is 2. The molecular formula is C46H46Cl2N8O4. The molecule has 2 aromatic heterocycles. The lowest BCUT2D eigenvalue weighted by atomic mass is 10.0. The van der Waals surface area contributed by atoms with Crippen molar-refractivity contribution in [1.82, 2.24) is 34.6 Å². The van der Waals surface area contributed by atoms with E-state index in [1.807, 2.05) is 77.6 Å². The normalized spacial score (nSPS) is 17.8. The molecule has 4 atom stereocenters. The van der Waals surface area contributed by atoms with Crippen LogP contribution < -0.4 is 0 Å². The predicted molar refractivity (Wildman–Crippen MR) is 233 cm³/mol. The molecule has 14 heteroatoms. The molecule has 0 radical (unpaired) electrons. The highest BCUT2D eigenvalue weighted by Gasteiger charge is 2.39. The Bertz CT molecular complexity index is 2470. The molecule has 60 heavy (non-hydrogen) atoms. The van der Waals surface area contributed by atoms with Crippen molar-refractivity contribution in [2.24, 2.45) is 4.99 Å². The number of imidazole rings is 2. The van der Waals surface area contributed by atoms with Gasteiger partial charge in [-0.3, -0.25) is 14.5 Å². The number of carbonyl (C=O) groups is 2. The van der Waals surface area contributed by atoms with Crippen molar-refractivity contribution in [3.8, 4) is 33.6 Å². The molecule has 0 bridgehead atoms. The summed E-state index contributed by atoms with van der Waals surface area (Å²) in [6.45, 7) is 1.23. The van der Waals surface area contributed by atoms with Crippen LogP contribution in [0.5, 0.6) is 0 Å². The highest BCUT2D eigenvalue weighted by molar-refractivity contribution is 6.32. The summed E-state index contributed by atoms with van der Waals surface area (Å²) in [5.41, 5.74) is 7.27. The van der Waals surface area contributed by atoms with Crippen LogP contribution in [-0.2, 0) is 19.4 Å². The van der Waals surface area contributed by atoms with Crippen molar-refractivity contribution in [1.29, 1.82) is 0 Å². The van der Waals surface area contributed by atoms with Crippen LogP contribution in [0, 0.1) is 0 Å². The fourth-order valence-corrected chi connectivity index (χ4v) is 8.84. The molecule has 2 amide bonds. The van der Waals surface area contributed by atoms with Crippen molar-refractivity contribution in [3.05, 3.63) is 142 Å². The van der Waals surface area contributed by atoms with Gasteiger partial charge in [0.05, 0.1) is 43.0 Å². The van der Waals surface area contributed by atoms with Gasteiger partial charge in [-0.1, -0.05) is 108 Å². The first-order valence-corrected chi connectivity index (χ1v) is 20.8. The molecule has 4 aromatic carbocycles. The summed E-state index contributed by atoms with van der Waals surface area (Å²) in [6, 6.07) is 29.6. The Morgan fingerprint density at radius 3 is 1.67 bits per heavy atom. The fourth-order valence-electron chi connectivity index (χ4n) is 8.37. The number of aliphatic imine (C=N–C) groups is 1. The van der Waals surface area contributed by atoms with Crippen LogP contribution in [0.3, 0.4) is 0 Å². The summed E-state index contributed by atoms with van der Waals surface area (Å²) in [7, 11) is 5.18. The zero-order valence-corrected chi connectivity index (χ0v) is 35.1. The maximum Gasteiger partial charge on any atom is 0.252 e. The Kier molecular flexibility index (Phi) is 12.4. The molecule has 0 spiro atoms. The van der Waals surface area contributed by atoms with Crippen LogP contribution in [0.4, 0.5) is 0 Å². The third-order valence-corrected chi connectivity index (χ3v) is 12.0. The van der Waals surface area contributed by atoms with E-state index < -0.39 is 12.1 Å². The van der Waals surface area contributed by atoms with Gasteiger partial charge in [0, 0.05) is 28.7 Å². The van der Waals surface area contributed by atoms with E-state index >= 15 is 0 Å². The number of nitrogens with zero attached hydrogens (tertiary/aromatic N) is 6. The van der Waals surface area contributed by atoms with Gasteiger partial charge >= 0.3 is 0 Å². The molecule has 2 fully saturated rings. The second kappa shape index (κ2) is 18.2. The summed E-state index contributed by atoms with van der Waals surface area (Å²) < 4.78 is 0. The van der Waals surface area contributed by atoms with E-state index in [4.69, 9.17) is 38.1 Å². The molecule has 0 unspecified atom stereocenters. The Morgan fingerprint density at radius 1 is 0.717 bits per heavy atom. The SMILES string of the molecule is COO/C=N/[C@@H](C(=O)N1CCC[C@H]1c1ncc(-c2ccc(-c3ccc(-c4cnc([C@@H]5CCCN5C(=O)[C@@H](c5ccccc5Cl)N(C)C)[nH]4)cc3)cc2)[nH]1)c1ccccc1Cl. The fraction of sp³-hybridized carbons (Fsp3) is 0.283. The second-order valence-corrected chi connectivity index (χ2v) is 16.0. The van der Waals surface area contributed by atoms with E-state index in [0.717, 1.165) is 82.9 Å². The van der Waals surface area contributed by atoms with Gasteiger partial charge < -0.3 is 24.7 Å². The highest BCUT2D eigenvalue weighted by atomic mass is 35.5. The van der Waals surface area contributed by atoms with Gasteiger partial charge in [-0.15, -0.1) is 0 Å². The molecule has 6 aromatic rings. The van der Waals surface area contributed by atoms with E-state index in [0.29, 0.717) is 28.7 Å². The van der Waals surface area contributed by atoms with Gasteiger partial charge in [0.25, 0.3) is 5.91 Å². The van der Waals surface area contributed by atoms with Gasteiger partial charge in [-0.05, 0) is 79.7 Å². The molecule has 0 saturated carbocycles. The van der Waals surface area contributed by atoms with Gasteiger partial charge in [0.15, 0.2) is 6.04 Å². The number of benzene rings is 4. The quantitative estimate of drug-likeness (QED) is 0.0513. The van der Waals surface area contributed by atoms with Crippen LogP contribution in [0.2, 0.25) is 10.0 Å². The Morgan fingerprint density at radius 2 is 1.18 bits per heavy atom. The number of amides is 2. The number of nitrogens with one attached hydrogen (secondary N) is 2. The number of halogens is 2. The Balaban J connectivity index is 0.934. The lowest BCUT2D eigenvalue weighted by Crippen LogP contribution is -2.40. The summed E-state index contributed by atoms with van der Waals surface area (Å²) in [5, 5.41) is 1.02. The van der Waals surface area contributed by atoms with Crippen molar-refractivity contribution in [3.63, 3.8) is 0 Å². The summed E-state index contributed by atoms with van der Waals surface area (Å²) >= 11 is 13.1. The smallest absolute Gasteiger partial charge is 0.252 e. The first kappa shape index (κ1) is 41.0. The number of likely N-dealkylation sites (tertiary alicyclic amines) is 2. The maximum absolute atomic E-state index is 14.0. The van der Waals surface area contributed by atoms with Crippen LogP contribution in [-0.4, -0.2) is 87.1 Å². The van der Waals surface area contributed by atoms with Crippen LogP contribution >= 0.6 is 23.2 Å². The van der Waals surface area contributed by atoms with E-state index in [2.05, 4.69) is 68.4 Å². The second-order valence-electron chi connectivity index (χ2n) is 15.2. The topological polar surface area (TPSA) is 132 Å². The minimum absolute atomic E-state index is 0.0177. The van der Waals surface area contributed by atoms with Gasteiger partial charge in [0.1, 0.15) is 17.7 Å². The maximum atomic E-state index is 14.0. The highest BCUT2D eigenvalue weighted by Crippen LogP contribution is 2.38. The molecule has 4 heterocycles. The average molecular weight is 846 g/mol. The third-order valence-electron chi connectivity index (χ3n) is 11.4. The van der Waals surface area contributed by atoms with Crippen molar-refractivity contribution < 1.29 is 19.4 Å². The van der Waals surface area contributed by atoms with E-state index in [9.17, 15) is 9.59 Å². The molecule has 2 aliphatic heterocycles. The molecule has 2 saturated heterocycles. The summed E-state index contributed by atoms with van der Waals surface area (Å²) in [6.07, 6.45) is 8.11. The largest absolute Gasteiger partial charge is 0.340 e. The zero-order chi connectivity index (χ0) is 41.8. The molecule has 0 aliphatic carbocycles. The standard InChI is InChI=1S/C46H46Cl2N8O4/c1-54(2)42(34-11-5-7-13-36(34)48)46(58)56-25-9-15-40(56)44-50-27-38(53-44)32-22-18-30(19-23-32)29-16-20-31(21-17-29)37-26-49-43(52-37)39-14-8-24-55(39)45(57)41(51-28-60-59-3)33-10-4-6-12-35(33)47/h4-7,10-13,16-23,26-28,39-42H,8-9,14-15,24-25H2,1-3H3,(H,49,52)(H,50,53)/b51-28+/t39-,40-,41+,42+/m0/s1. The number of hydrogen-bond donors (Lipinski definition) is 2. The third kappa shape index (κ3) is 8.46. The number of rotatable bonds is 13. The van der Waals surface area contributed by atoms with E-state index in [1.54, 1.807) is 12.1 Å². The molecule has 8 rings (SSSR count). The van der Waals surface area contributed by atoms with Gasteiger partial charge in [-0.2, -0.15) is 4.89 Å². The van der Waals surface area contributed by atoms with Crippen LogP contribution in [0.25, 0.3) is 33.6 Å². The minimum atomic E-state index is -0.898. The number of carbonyl (C=O) groups excluding carboxylic acids is 2.